The van der Waals surface area contributed by atoms with Crippen molar-refractivity contribution in [1.29, 1.82) is 0 Å². The van der Waals surface area contributed by atoms with E-state index < -0.39 is 12.0 Å². The SMILES string of the molecule is CC(=O)NCCN(C(=O)c1cc(C)cc(Br)c1)C(C)C(=O)O. The second-order valence-corrected chi connectivity index (χ2v) is 5.93. The van der Waals surface area contributed by atoms with Crippen LogP contribution in [-0.2, 0) is 9.59 Å². The largest absolute Gasteiger partial charge is 0.480 e. The number of carboxylic acid groups (broad SMARTS) is 1. The lowest BCUT2D eigenvalue weighted by molar-refractivity contribution is -0.141. The van der Waals surface area contributed by atoms with Crippen LogP contribution in [0.5, 0.6) is 0 Å². The van der Waals surface area contributed by atoms with Crippen LogP contribution in [0.3, 0.4) is 0 Å². The molecule has 0 aliphatic rings. The van der Waals surface area contributed by atoms with E-state index in [-0.39, 0.29) is 24.9 Å². The zero-order valence-electron chi connectivity index (χ0n) is 12.7. The molecule has 0 aliphatic heterocycles. The molecule has 1 atom stereocenters. The van der Waals surface area contributed by atoms with E-state index in [0.717, 1.165) is 10.0 Å². The molecule has 6 nitrogen and oxygen atoms in total. The van der Waals surface area contributed by atoms with Crippen molar-refractivity contribution in [2.24, 2.45) is 0 Å². The normalized spacial score (nSPS) is 11.6. The van der Waals surface area contributed by atoms with Crippen molar-refractivity contribution < 1.29 is 19.5 Å². The topological polar surface area (TPSA) is 86.7 Å². The van der Waals surface area contributed by atoms with Gasteiger partial charge >= 0.3 is 5.97 Å². The Bertz CT molecular complexity index is 569. The van der Waals surface area contributed by atoms with Crippen LogP contribution < -0.4 is 5.32 Å². The van der Waals surface area contributed by atoms with Crippen molar-refractivity contribution in [1.82, 2.24) is 10.2 Å². The maximum atomic E-state index is 12.6. The van der Waals surface area contributed by atoms with Crippen molar-refractivity contribution in [3.8, 4) is 0 Å². The molecule has 1 aromatic carbocycles. The Labute approximate surface area is 137 Å². The predicted molar refractivity (Wildman–Crippen MR) is 85.7 cm³/mol. The second kappa shape index (κ2) is 7.93. The average Bonchev–Trinajstić information content (AvgIpc) is 2.40. The third kappa shape index (κ3) is 5.14. The van der Waals surface area contributed by atoms with Crippen molar-refractivity contribution in [2.75, 3.05) is 13.1 Å². The van der Waals surface area contributed by atoms with Crippen LogP contribution in [0.15, 0.2) is 22.7 Å². The molecule has 1 aromatic rings. The van der Waals surface area contributed by atoms with Crippen LogP contribution in [0.1, 0.15) is 29.8 Å². The molecule has 0 aliphatic carbocycles. The van der Waals surface area contributed by atoms with E-state index in [1.807, 2.05) is 13.0 Å². The lowest BCUT2D eigenvalue weighted by atomic mass is 10.1. The summed E-state index contributed by atoms with van der Waals surface area (Å²) in [6.45, 7) is 4.98. The lowest BCUT2D eigenvalue weighted by Crippen LogP contribution is -2.46. The fourth-order valence-corrected chi connectivity index (χ4v) is 2.59. The number of amides is 2. The van der Waals surface area contributed by atoms with Gasteiger partial charge in [-0.3, -0.25) is 9.59 Å². The third-order valence-corrected chi connectivity index (χ3v) is 3.56. The number of hydrogen-bond donors (Lipinski definition) is 2. The highest BCUT2D eigenvalue weighted by Gasteiger charge is 2.26. The van der Waals surface area contributed by atoms with Gasteiger partial charge in [-0.25, -0.2) is 4.79 Å². The number of carbonyl (C=O) groups is 3. The lowest BCUT2D eigenvalue weighted by Gasteiger charge is -2.27. The Morgan fingerprint density at radius 1 is 1.32 bits per heavy atom. The molecule has 0 bridgehead atoms. The Morgan fingerprint density at radius 3 is 2.45 bits per heavy atom. The molecule has 0 aromatic heterocycles. The fourth-order valence-electron chi connectivity index (χ4n) is 1.98. The van der Waals surface area contributed by atoms with Crippen LogP contribution >= 0.6 is 15.9 Å². The summed E-state index contributed by atoms with van der Waals surface area (Å²) in [6.07, 6.45) is 0. The first kappa shape index (κ1) is 18.2. The van der Waals surface area contributed by atoms with Crippen molar-refractivity contribution in [3.63, 3.8) is 0 Å². The molecule has 0 saturated heterocycles. The Morgan fingerprint density at radius 2 is 1.95 bits per heavy atom. The molecule has 2 amide bonds. The van der Waals surface area contributed by atoms with Gasteiger partial charge < -0.3 is 15.3 Å². The predicted octanol–water partition coefficient (Wildman–Crippen LogP) is 1.81. The quantitative estimate of drug-likeness (QED) is 0.799. The highest BCUT2D eigenvalue weighted by molar-refractivity contribution is 9.10. The first-order valence-electron chi connectivity index (χ1n) is 6.77. The number of rotatable bonds is 6. The molecule has 0 spiro atoms. The van der Waals surface area contributed by atoms with Crippen molar-refractivity contribution in [3.05, 3.63) is 33.8 Å². The van der Waals surface area contributed by atoms with E-state index >= 15 is 0 Å². The number of aryl methyl sites for hydroxylation is 1. The summed E-state index contributed by atoms with van der Waals surface area (Å²) in [7, 11) is 0. The minimum Gasteiger partial charge on any atom is -0.480 e. The van der Waals surface area contributed by atoms with Gasteiger partial charge in [0, 0.05) is 30.0 Å². The van der Waals surface area contributed by atoms with Gasteiger partial charge in [0.2, 0.25) is 5.91 Å². The van der Waals surface area contributed by atoms with E-state index in [4.69, 9.17) is 0 Å². The van der Waals surface area contributed by atoms with E-state index in [1.54, 1.807) is 12.1 Å². The third-order valence-electron chi connectivity index (χ3n) is 3.10. The molecule has 1 unspecified atom stereocenters. The zero-order chi connectivity index (χ0) is 16.9. The van der Waals surface area contributed by atoms with E-state index in [1.165, 1.54) is 18.7 Å². The average molecular weight is 371 g/mol. The van der Waals surface area contributed by atoms with Gasteiger partial charge in [0.15, 0.2) is 0 Å². The van der Waals surface area contributed by atoms with Crippen LogP contribution in [0, 0.1) is 6.92 Å². The molecule has 0 saturated carbocycles. The fraction of sp³-hybridized carbons (Fsp3) is 0.400. The minimum absolute atomic E-state index is 0.122. The van der Waals surface area contributed by atoms with Crippen LogP contribution in [0.4, 0.5) is 0 Å². The molecule has 0 radical (unpaired) electrons. The molecular formula is C15H19BrN2O4. The molecule has 7 heteroatoms. The van der Waals surface area contributed by atoms with E-state index in [2.05, 4.69) is 21.2 Å². The summed E-state index contributed by atoms with van der Waals surface area (Å²) < 4.78 is 0.751. The molecule has 1 rings (SSSR count). The van der Waals surface area contributed by atoms with Gasteiger partial charge in [0.1, 0.15) is 6.04 Å². The molecule has 22 heavy (non-hydrogen) atoms. The summed E-state index contributed by atoms with van der Waals surface area (Å²) >= 11 is 3.32. The number of hydrogen-bond acceptors (Lipinski definition) is 3. The number of nitrogens with one attached hydrogen (secondary N) is 1. The number of benzene rings is 1. The van der Waals surface area contributed by atoms with Crippen LogP contribution in [0.25, 0.3) is 0 Å². The Balaban J connectivity index is 3.00. The molecule has 0 fully saturated rings. The van der Waals surface area contributed by atoms with Gasteiger partial charge in [-0.05, 0) is 37.6 Å². The highest BCUT2D eigenvalue weighted by Crippen LogP contribution is 2.17. The van der Waals surface area contributed by atoms with Crippen LogP contribution in [-0.4, -0.2) is 46.9 Å². The first-order chi connectivity index (χ1) is 10.2. The number of halogens is 1. The van der Waals surface area contributed by atoms with Gasteiger partial charge in [-0.1, -0.05) is 15.9 Å². The summed E-state index contributed by atoms with van der Waals surface area (Å²) in [5, 5.41) is 11.7. The van der Waals surface area contributed by atoms with Gasteiger partial charge in [-0.2, -0.15) is 0 Å². The Hall–Kier alpha value is -1.89. The maximum Gasteiger partial charge on any atom is 0.326 e. The first-order valence-corrected chi connectivity index (χ1v) is 7.57. The number of nitrogens with zero attached hydrogens (tertiary/aromatic N) is 1. The molecule has 120 valence electrons. The maximum absolute atomic E-state index is 12.6. The minimum atomic E-state index is -1.09. The second-order valence-electron chi connectivity index (χ2n) is 5.01. The smallest absolute Gasteiger partial charge is 0.326 e. The van der Waals surface area contributed by atoms with E-state index in [0.29, 0.717) is 5.56 Å². The molecule has 0 heterocycles. The molecular weight excluding hydrogens is 352 g/mol. The van der Waals surface area contributed by atoms with E-state index in [9.17, 15) is 19.5 Å². The number of aliphatic carboxylic acids is 1. The summed E-state index contributed by atoms with van der Waals surface area (Å²) in [5.41, 5.74) is 1.30. The van der Waals surface area contributed by atoms with Gasteiger partial charge in [-0.15, -0.1) is 0 Å². The van der Waals surface area contributed by atoms with Crippen molar-refractivity contribution >= 4 is 33.7 Å². The summed E-state index contributed by atoms with van der Waals surface area (Å²) in [5.74, 6) is -1.71. The number of carbonyl (C=O) groups excluding carboxylic acids is 2. The van der Waals surface area contributed by atoms with Gasteiger partial charge in [0.05, 0.1) is 0 Å². The van der Waals surface area contributed by atoms with Gasteiger partial charge in [0.25, 0.3) is 5.91 Å². The monoisotopic (exact) mass is 370 g/mol. The summed E-state index contributed by atoms with van der Waals surface area (Å²) in [4.78, 5) is 36.0. The Kier molecular flexibility index (Phi) is 6.55. The zero-order valence-corrected chi connectivity index (χ0v) is 14.3. The summed E-state index contributed by atoms with van der Waals surface area (Å²) in [6, 6.07) is 4.22. The van der Waals surface area contributed by atoms with Crippen molar-refractivity contribution in [2.45, 2.75) is 26.8 Å². The molecule has 2 N–H and O–H groups in total. The highest BCUT2D eigenvalue weighted by atomic mass is 79.9. The standard InChI is InChI=1S/C15H19BrN2O4/c1-9-6-12(8-13(16)7-9)14(20)18(10(2)15(21)22)5-4-17-11(3)19/h6-8,10H,4-5H2,1-3H3,(H,17,19)(H,21,22). The van der Waals surface area contributed by atoms with Crippen LogP contribution in [0.2, 0.25) is 0 Å². The number of carboxylic acids is 1.